The molecule has 3 nitrogen and oxygen atoms in total. The fraction of sp³-hybridized carbons (Fsp3) is 0.545. The number of nitrogens with two attached hydrogens (primary N) is 2. The Kier molecular flexibility index (Phi) is 2.68. The highest BCUT2D eigenvalue weighted by Gasteiger charge is 2.22. The van der Waals surface area contributed by atoms with Gasteiger partial charge in [-0.3, -0.25) is 0 Å². The molecule has 0 aromatic carbocycles. The standard InChI is InChI=1S/C11H17N3/c12-9-5-4-8(6-9)7-10-2-1-3-11(13)14-10/h1-3,8-9H,4-7,12H2,(H2,13,14). The van der Waals surface area contributed by atoms with E-state index < -0.39 is 0 Å². The average molecular weight is 191 g/mol. The smallest absolute Gasteiger partial charge is 0.123 e. The van der Waals surface area contributed by atoms with Crippen molar-refractivity contribution in [1.82, 2.24) is 4.98 Å². The molecular weight excluding hydrogens is 174 g/mol. The van der Waals surface area contributed by atoms with Crippen LogP contribution in [-0.4, -0.2) is 11.0 Å². The Hall–Kier alpha value is -1.09. The van der Waals surface area contributed by atoms with E-state index in [2.05, 4.69) is 4.98 Å². The van der Waals surface area contributed by atoms with E-state index in [-0.39, 0.29) is 0 Å². The second-order valence-electron chi connectivity index (χ2n) is 4.20. The normalized spacial score (nSPS) is 26.6. The highest BCUT2D eigenvalue weighted by molar-refractivity contribution is 5.28. The van der Waals surface area contributed by atoms with Crippen LogP contribution in [0.3, 0.4) is 0 Å². The molecule has 2 atom stereocenters. The molecule has 1 heterocycles. The van der Waals surface area contributed by atoms with E-state index >= 15 is 0 Å². The third kappa shape index (κ3) is 2.23. The second kappa shape index (κ2) is 3.96. The molecule has 1 aromatic heterocycles. The summed E-state index contributed by atoms with van der Waals surface area (Å²) >= 11 is 0. The first-order valence-corrected chi connectivity index (χ1v) is 5.21. The van der Waals surface area contributed by atoms with E-state index in [1.807, 2.05) is 18.2 Å². The zero-order valence-corrected chi connectivity index (χ0v) is 8.32. The van der Waals surface area contributed by atoms with Gasteiger partial charge in [0.25, 0.3) is 0 Å². The van der Waals surface area contributed by atoms with Crippen molar-refractivity contribution in [2.75, 3.05) is 5.73 Å². The summed E-state index contributed by atoms with van der Waals surface area (Å²) in [5.74, 6) is 1.32. The van der Waals surface area contributed by atoms with Gasteiger partial charge in [0.2, 0.25) is 0 Å². The first kappa shape index (κ1) is 9.46. The van der Waals surface area contributed by atoms with E-state index in [1.165, 1.54) is 6.42 Å². The van der Waals surface area contributed by atoms with Gasteiger partial charge in [-0.05, 0) is 43.7 Å². The molecule has 0 bridgehead atoms. The zero-order valence-electron chi connectivity index (χ0n) is 8.32. The monoisotopic (exact) mass is 191 g/mol. The summed E-state index contributed by atoms with van der Waals surface area (Å²) < 4.78 is 0. The van der Waals surface area contributed by atoms with Gasteiger partial charge < -0.3 is 11.5 Å². The van der Waals surface area contributed by atoms with Crippen molar-refractivity contribution in [3.63, 3.8) is 0 Å². The van der Waals surface area contributed by atoms with Crippen LogP contribution in [0.5, 0.6) is 0 Å². The van der Waals surface area contributed by atoms with Crippen LogP contribution in [0, 0.1) is 5.92 Å². The molecule has 2 unspecified atom stereocenters. The number of rotatable bonds is 2. The number of pyridine rings is 1. The quantitative estimate of drug-likeness (QED) is 0.741. The molecule has 14 heavy (non-hydrogen) atoms. The van der Waals surface area contributed by atoms with Crippen molar-refractivity contribution in [2.24, 2.45) is 11.7 Å². The number of hydrogen-bond donors (Lipinski definition) is 2. The highest BCUT2D eigenvalue weighted by Crippen LogP contribution is 2.26. The van der Waals surface area contributed by atoms with Crippen LogP contribution in [0.25, 0.3) is 0 Å². The zero-order chi connectivity index (χ0) is 9.97. The number of nitrogens with zero attached hydrogens (tertiary/aromatic N) is 1. The van der Waals surface area contributed by atoms with Gasteiger partial charge in [0.15, 0.2) is 0 Å². The molecule has 0 saturated heterocycles. The van der Waals surface area contributed by atoms with Crippen molar-refractivity contribution in [2.45, 2.75) is 31.7 Å². The predicted octanol–water partition coefficient (Wildman–Crippen LogP) is 1.33. The van der Waals surface area contributed by atoms with Crippen molar-refractivity contribution < 1.29 is 0 Å². The summed E-state index contributed by atoms with van der Waals surface area (Å²) in [6.07, 6.45) is 4.56. The Morgan fingerprint density at radius 2 is 2.21 bits per heavy atom. The summed E-state index contributed by atoms with van der Waals surface area (Å²) in [6, 6.07) is 6.23. The highest BCUT2D eigenvalue weighted by atomic mass is 14.8. The molecule has 76 valence electrons. The SMILES string of the molecule is Nc1cccc(CC2CCC(N)C2)n1. The number of nitrogen functional groups attached to an aromatic ring is 1. The molecule has 0 spiro atoms. The van der Waals surface area contributed by atoms with E-state index in [1.54, 1.807) is 0 Å². The predicted molar refractivity (Wildman–Crippen MR) is 57.7 cm³/mol. The molecule has 0 radical (unpaired) electrons. The summed E-state index contributed by atoms with van der Waals surface area (Å²) in [5.41, 5.74) is 12.6. The minimum atomic E-state index is 0.404. The van der Waals surface area contributed by atoms with E-state index in [9.17, 15) is 0 Å². The van der Waals surface area contributed by atoms with E-state index in [0.717, 1.165) is 25.0 Å². The van der Waals surface area contributed by atoms with Gasteiger partial charge in [0, 0.05) is 11.7 Å². The maximum atomic E-state index is 5.86. The van der Waals surface area contributed by atoms with Crippen LogP contribution in [0.15, 0.2) is 18.2 Å². The molecule has 0 aliphatic heterocycles. The maximum absolute atomic E-state index is 5.86. The fourth-order valence-corrected chi connectivity index (χ4v) is 2.21. The van der Waals surface area contributed by atoms with Gasteiger partial charge in [-0.15, -0.1) is 0 Å². The summed E-state index contributed by atoms with van der Waals surface area (Å²) in [7, 11) is 0. The Bertz CT molecular complexity index is 311. The van der Waals surface area contributed by atoms with Crippen LogP contribution in [0.2, 0.25) is 0 Å². The van der Waals surface area contributed by atoms with Gasteiger partial charge >= 0.3 is 0 Å². The lowest BCUT2D eigenvalue weighted by Gasteiger charge is -2.08. The van der Waals surface area contributed by atoms with Gasteiger partial charge in [-0.25, -0.2) is 4.98 Å². The van der Waals surface area contributed by atoms with Crippen molar-refractivity contribution in [3.05, 3.63) is 23.9 Å². The van der Waals surface area contributed by atoms with Crippen LogP contribution >= 0.6 is 0 Å². The van der Waals surface area contributed by atoms with Gasteiger partial charge in [-0.2, -0.15) is 0 Å². The van der Waals surface area contributed by atoms with E-state index in [4.69, 9.17) is 11.5 Å². The third-order valence-corrected chi connectivity index (χ3v) is 2.91. The van der Waals surface area contributed by atoms with E-state index in [0.29, 0.717) is 17.8 Å². The average Bonchev–Trinajstić information content (AvgIpc) is 2.51. The molecule has 1 fully saturated rings. The van der Waals surface area contributed by atoms with Crippen molar-refractivity contribution in [3.8, 4) is 0 Å². The Labute approximate surface area is 84.5 Å². The Morgan fingerprint density at radius 1 is 1.36 bits per heavy atom. The topological polar surface area (TPSA) is 64.9 Å². The lowest BCUT2D eigenvalue weighted by atomic mass is 10.0. The van der Waals surface area contributed by atoms with Crippen LogP contribution in [0.1, 0.15) is 25.0 Å². The Morgan fingerprint density at radius 3 is 2.86 bits per heavy atom. The summed E-state index contributed by atoms with van der Waals surface area (Å²) in [4.78, 5) is 4.30. The third-order valence-electron chi connectivity index (χ3n) is 2.91. The maximum Gasteiger partial charge on any atom is 0.123 e. The molecule has 1 aliphatic carbocycles. The number of aromatic nitrogens is 1. The molecule has 2 rings (SSSR count). The minimum absolute atomic E-state index is 0.404. The molecule has 0 amide bonds. The second-order valence-corrected chi connectivity index (χ2v) is 4.20. The lowest BCUT2D eigenvalue weighted by molar-refractivity contribution is 0.529. The molecule has 1 aromatic rings. The molecule has 1 aliphatic rings. The van der Waals surface area contributed by atoms with Gasteiger partial charge in [0.05, 0.1) is 0 Å². The first-order valence-electron chi connectivity index (χ1n) is 5.21. The largest absolute Gasteiger partial charge is 0.384 e. The van der Waals surface area contributed by atoms with Gasteiger partial charge in [-0.1, -0.05) is 6.07 Å². The lowest BCUT2D eigenvalue weighted by Crippen LogP contribution is -2.15. The summed E-state index contributed by atoms with van der Waals surface area (Å²) in [6.45, 7) is 0. The molecular formula is C11H17N3. The van der Waals surface area contributed by atoms with Crippen LogP contribution < -0.4 is 11.5 Å². The number of hydrogen-bond acceptors (Lipinski definition) is 3. The molecule has 3 heteroatoms. The van der Waals surface area contributed by atoms with Crippen molar-refractivity contribution >= 4 is 5.82 Å². The number of anilines is 1. The van der Waals surface area contributed by atoms with Crippen LogP contribution in [0.4, 0.5) is 5.82 Å². The fourth-order valence-electron chi connectivity index (χ4n) is 2.21. The first-order chi connectivity index (χ1) is 6.74. The minimum Gasteiger partial charge on any atom is -0.384 e. The van der Waals surface area contributed by atoms with Gasteiger partial charge in [0.1, 0.15) is 5.82 Å². The molecule has 4 N–H and O–H groups in total. The summed E-state index contributed by atoms with van der Waals surface area (Å²) in [5, 5.41) is 0. The van der Waals surface area contributed by atoms with Crippen LogP contribution in [-0.2, 0) is 6.42 Å². The molecule has 1 saturated carbocycles. The van der Waals surface area contributed by atoms with Crippen molar-refractivity contribution in [1.29, 1.82) is 0 Å². The Balaban J connectivity index is 1.97.